The standard InChI is InChI=1S/C15H19N3O2/c19-14-6-5-12(15(20)17-14)11-3-1-2-4-13(11)18-9-7-16-8-10-18/h1-4,12,16H,5-10H2,(H,17,19,20). The largest absolute Gasteiger partial charge is 0.369 e. The fourth-order valence-electron chi connectivity index (χ4n) is 2.97. The van der Waals surface area contributed by atoms with Gasteiger partial charge in [0.1, 0.15) is 0 Å². The summed E-state index contributed by atoms with van der Waals surface area (Å²) in [6.45, 7) is 3.82. The van der Waals surface area contributed by atoms with Crippen molar-refractivity contribution in [3.05, 3.63) is 29.8 Å². The number of imide groups is 1. The number of benzene rings is 1. The molecule has 2 amide bonds. The van der Waals surface area contributed by atoms with Crippen LogP contribution in [0.25, 0.3) is 0 Å². The van der Waals surface area contributed by atoms with Gasteiger partial charge in [-0.3, -0.25) is 14.9 Å². The Hall–Kier alpha value is -1.88. The highest BCUT2D eigenvalue weighted by Crippen LogP contribution is 2.32. The maximum atomic E-state index is 12.1. The third kappa shape index (κ3) is 2.54. The van der Waals surface area contributed by atoms with Gasteiger partial charge in [0, 0.05) is 38.3 Å². The monoisotopic (exact) mass is 273 g/mol. The van der Waals surface area contributed by atoms with Crippen LogP contribution in [-0.2, 0) is 9.59 Å². The molecular weight excluding hydrogens is 254 g/mol. The predicted octanol–water partition coefficient (Wildman–Crippen LogP) is 0.616. The Morgan fingerprint density at radius 3 is 2.60 bits per heavy atom. The molecule has 106 valence electrons. The normalized spacial score (nSPS) is 23.6. The molecule has 5 heteroatoms. The van der Waals surface area contributed by atoms with E-state index in [9.17, 15) is 9.59 Å². The molecule has 5 nitrogen and oxygen atoms in total. The second-order valence-corrected chi connectivity index (χ2v) is 5.30. The van der Waals surface area contributed by atoms with E-state index >= 15 is 0 Å². The van der Waals surface area contributed by atoms with Crippen LogP contribution in [-0.4, -0.2) is 38.0 Å². The first-order valence-electron chi connectivity index (χ1n) is 7.14. The van der Waals surface area contributed by atoms with E-state index in [0.29, 0.717) is 12.8 Å². The van der Waals surface area contributed by atoms with Crippen LogP contribution in [0.2, 0.25) is 0 Å². The smallest absolute Gasteiger partial charge is 0.234 e. The molecule has 1 aromatic carbocycles. The average Bonchev–Trinajstić information content (AvgIpc) is 2.48. The molecule has 2 aliphatic rings. The zero-order valence-electron chi connectivity index (χ0n) is 11.4. The molecule has 3 rings (SSSR count). The summed E-state index contributed by atoms with van der Waals surface area (Å²) < 4.78 is 0. The van der Waals surface area contributed by atoms with E-state index in [1.165, 1.54) is 0 Å². The van der Waals surface area contributed by atoms with Crippen molar-refractivity contribution in [2.45, 2.75) is 18.8 Å². The van der Waals surface area contributed by atoms with Crippen molar-refractivity contribution in [2.24, 2.45) is 0 Å². The van der Waals surface area contributed by atoms with Crippen molar-refractivity contribution in [1.82, 2.24) is 10.6 Å². The minimum absolute atomic E-state index is 0.161. The van der Waals surface area contributed by atoms with Gasteiger partial charge in [-0.25, -0.2) is 0 Å². The Morgan fingerprint density at radius 2 is 1.85 bits per heavy atom. The highest BCUT2D eigenvalue weighted by molar-refractivity contribution is 6.01. The number of nitrogens with one attached hydrogen (secondary N) is 2. The highest BCUT2D eigenvalue weighted by atomic mass is 16.2. The van der Waals surface area contributed by atoms with Gasteiger partial charge in [0.05, 0.1) is 5.92 Å². The zero-order valence-corrected chi connectivity index (χ0v) is 11.4. The maximum Gasteiger partial charge on any atom is 0.234 e. The van der Waals surface area contributed by atoms with E-state index in [2.05, 4.69) is 21.6 Å². The second kappa shape index (κ2) is 5.63. The number of piperazine rings is 1. The summed E-state index contributed by atoms with van der Waals surface area (Å²) in [5, 5.41) is 5.78. The summed E-state index contributed by atoms with van der Waals surface area (Å²) in [7, 11) is 0. The summed E-state index contributed by atoms with van der Waals surface area (Å²) in [5.41, 5.74) is 2.17. The molecule has 0 radical (unpaired) electrons. The van der Waals surface area contributed by atoms with Crippen LogP contribution in [0.3, 0.4) is 0 Å². The first kappa shape index (κ1) is 13.1. The van der Waals surface area contributed by atoms with E-state index < -0.39 is 0 Å². The van der Waals surface area contributed by atoms with Crippen LogP contribution in [0.15, 0.2) is 24.3 Å². The van der Waals surface area contributed by atoms with Gasteiger partial charge in [-0.2, -0.15) is 0 Å². The molecule has 1 aromatic rings. The molecule has 1 unspecified atom stereocenters. The van der Waals surface area contributed by atoms with Gasteiger partial charge in [-0.15, -0.1) is 0 Å². The van der Waals surface area contributed by atoms with Crippen LogP contribution in [0.5, 0.6) is 0 Å². The van der Waals surface area contributed by atoms with Gasteiger partial charge in [-0.1, -0.05) is 18.2 Å². The molecule has 2 heterocycles. The SMILES string of the molecule is O=C1CCC(c2ccccc2N2CCNCC2)C(=O)N1. The van der Waals surface area contributed by atoms with Crippen molar-refractivity contribution < 1.29 is 9.59 Å². The van der Waals surface area contributed by atoms with Crippen molar-refractivity contribution in [3.8, 4) is 0 Å². The quantitative estimate of drug-likeness (QED) is 0.775. The Morgan fingerprint density at radius 1 is 1.10 bits per heavy atom. The molecule has 2 fully saturated rings. The fourth-order valence-corrected chi connectivity index (χ4v) is 2.97. The predicted molar refractivity (Wildman–Crippen MR) is 76.6 cm³/mol. The Kier molecular flexibility index (Phi) is 3.69. The van der Waals surface area contributed by atoms with Crippen molar-refractivity contribution >= 4 is 17.5 Å². The Balaban J connectivity index is 1.89. The molecule has 0 saturated carbocycles. The van der Waals surface area contributed by atoms with E-state index in [-0.39, 0.29) is 17.7 Å². The summed E-state index contributed by atoms with van der Waals surface area (Å²) in [6.07, 6.45) is 1.03. The number of hydrogen-bond donors (Lipinski definition) is 2. The number of rotatable bonds is 2. The molecule has 2 saturated heterocycles. The molecule has 0 spiro atoms. The lowest BCUT2D eigenvalue weighted by molar-refractivity contribution is -0.134. The molecule has 2 N–H and O–H groups in total. The van der Waals surface area contributed by atoms with E-state index in [1.54, 1.807) is 0 Å². The number of nitrogens with zero attached hydrogens (tertiary/aromatic N) is 1. The molecule has 1 atom stereocenters. The van der Waals surface area contributed by atoms with Crippen LogP contribution in [0, 0.1) is 0 Å². The molecule has 0 bridgehead atoms. The number of para-hydroxylation sites is 1. The zero-order chi connectivity index (χ0) is 13.9. The first-order valence-corrected chi connectivity index (χ1v) is 7.14. The summed E-state index contributed by atoms with van der Waals surface area (Å²) in [5.74, 6) is -0.534. The van der Waals surface area contributed by atoms with Crippen LogP contribution in [0.1, 0.15) is 24.3 Å². The van der Waals surface area contributed by atoms with Gasteiger partial charge in [0.15, 0.2) is 0 Å². The van der Waals surface area contributed by atoms with Crippen LogP contribution < -0.4 is 15.5 Å². The molecule has 20 heavy (non-hydrogen) atoms. The van der Waals surface area contributed by atoms with Gasteiger partial charge in [-0.05, 0) is 18.1 Å². The van der Waals surface area contributed by atoms with Crippen LogP contribution >= 0.6 is 0 Å². The number of carbonyl (C=O) groups excluding carboxylic acids is 2. The van der Waals surface area contributed by atoms with Gasteiger partial charge < -0.3 is 10.2 Å². The molecule has 0 aliphatic carbocycles. The van der Waals surface area contributed by atoms with Gasteiger partial charge in [0.2, 0.25) is 11.8 Å². The molecular formula is C15H19N3O2. The van der Waals surface area contributed by atoms with Crippen molar-refractivity contribution in [2.75, 3.05) is 31.1 Å². The number of hydrogen-bond acceptors (Lipinski definition) is 4. The molecule has 0 aromatic heterocycles. The lowest BCUT2D eigenvalue weighted by Gasteiger charge is -2.33. The second-order valence-electron chi connectivity index (χ2n) is 5.30. The minimum atomic E-state index is -0.209. The Bertz CT molecular complexity index is 524. The van der Waals surface area contributed by atoms with E-state index in [4.69, 9.17) is 0 Å². The third-order valence-corrected chi connectivity index (χ3v) is 4.01. The number of carbonyl (C=O) groups is 2. The first-order chi connectivity index (χ1) is 9.75. The number of piperidine rings is 1. The lowest BCUT2D eigenvalue weighted by Crippen LogP contribution is -2.45. The highest BCUT2D eigenvalue weighted by Gasteiger charge is 2.30. The van der Waals surface area contributed by atoms with Crippen molar-refractivity contribution in [3.63, 3.8) is 0 Å². The van der Waals surface area contributed by atoms with E-state index in [0.717, 1.165) is 37.4 Å². The van der Waals surface area contributed by atoms with Crippen molar-refractivity contribution in [1.29, 1.82) is 0 Å². The summed E-state index contributed by atoms with van der Waals surface area (Å²) >= 11 is 0. The van der Waals surface area contributed by atoms with Crippen LogP contribution in [0.4, 0.5) is 5.69 Å². The number of amides is 2. The molecule has 2 aliphatic heterocycles. The fraction of sp³-hybridized carbons (Fsp3) is 0.467. The van der Waals surface area contributed by atoms with Gasteiger partial charge >= 0.3 is 0 Å². The summed E-state index contributed by atoms with van der Waals surface area (Å²) in [6, 6.07) is 8.05. The number of anilines is 1. The lowest BCUT2D eigenvalue weighted by atomic mass is 9.89. The summed E-state index contributed by atoms with van der Waals surface area (Å²) in [4.78, 5) is 25.7. The van der Waals surface area contributed by atoms with Gasteiger partial charge in [0.25, 0.3) is 0 Å². The minimum Gasteiger partial charge on any atom is -0.369 e. The maximum absolute atomic E-state index is 12.1. The Labute approximate surface area is 118 Å². The third-order valence-electron chi connectivity index (χ3n) is 4.01. The topological polar surface area (TPSA) is 61.4 Å². The van der Waals surface area contributed by atoms with E-state index in [1.807, 2.05) is 18.2 Å². The average molecular weight is 273 g/mol.